The predicted octanol–water partition coefficient (Wildman–Crippen LogP) is 4.79. The molecule has 2 aromatic carbocycles. The highest BCUT2D eigenvalue weighted by molar-refractivity contribution is 9.10. The summed E-state index contributed by atoms with van der Waals surface area (Å²) < 4.78 is 6.24. The third-order valence-corrected chi connectivity index (χ3v) is 5.09. The number of imide groups is 1. The molecule has 0 bridgehead atoms. The Morgan fingerprint density at radius 1 is 1.23 bits per heavy atom. The molecule has 1 saturated heterocycles. The number of thioether (sulfide) groups is 1. The molecule has 0 aliphatic carbocycles. The largest absolute Gasteiger partial charge is 0.504 e. The lowest BCUT2D eigenvalue weighted by Crippen LogP contribution is -2.27. The minimum Gasteiger partial charge on any atom is -0.504 e. The Hall–Kier alpha value is -2.25. The monoisotopic (exact) mass is 433 g/mol. The Labute approximate surface area is 163 Å². The van der Waals surface area contributed by atoms with Gasteiger partial charge in [-0.3, -0.25) is 14.5 Å². The van der Waals surface area contributed by atoms with Crippen LogP contribution in [0.3, 0.4) is 0 Å². The quantitative estimate of drug-likeness (QED) is 0.686. The number of hydrogen-bond donors (Lipinski definition) is 1. The summed E-state index contributed by atoms with van der Waals surface area (Å²) in [6.07, 6.45) is 1.63. The SMILES string of the molecule is CCOc1cc(C=C2SC(=O)N(Cc3cccc(Br)c3)C2=O)ccc1O. The second-order valence-electron chi connectivity index (χ2n) is 5.56. The topological polar surface area (TPSA) is 66.8 Å². The first-order chi connectivity index (χ1) is 12.5. The van der Waals surface area contributed by atoms with Crippen molar-refractivity contribution in [3.8, 4) is 11.5 Å². The van der Waals surface area contributed by atoms with Gasteiger partial charge in [0.25, 0.3) is 11.1 Å². The number of rotatable bonds is 5. The van der Waals surface area contributed by atoms with Gasteiger partial charge < -0.3 is 9.84 Å². The van der Waals surface area contributed by atoms with Gasteiger partial charge in [0.1, 0.15) is 0 Å². The maximum Gasteiger partial charge on any atom is 0.293 e. The molecule has 0 spiro atoms. The fourth-order valence-electron chi connectivity index (χ4n) is 2.50. The van der Waals surface area contributed by atoms with Gasteiger partial charge in [-0.15, -0.1) is 0 Å². The number of amides is 2. The highest BCUT2D eigenvalue weighted by atomic mass is 79.9. The highest BCUT2D eigenvalue weighted by Gasteiger charge is 2.35. The van der Waals surface area contributed by atoms with Crippen molar-refractivity contribution in [3.63, 3.8) is 0 Å². The van der Waals surface area contributed by atoms with Crippen LogP contribution in [0.4, 0.5) is 4.79 Å². The van der Waals surface area contributed by atoms with Gasteiger partial charge in [0.2, 0.25) is 0 Å². The van der Waals surface area contributed by atoms with E-state index in [1.54, 1.807) is 18.2 Å². The maximum atomic E-state index is 12.6. The first-order valence-electron chi connectivity index (χ1n) is 7.93. The molecule has 7 heteroatoms. The number of hydrogen-bond acceptors (Lipinski definition) is 5. The molecule has 1 heterocycles. The van der Waals surface area contributed by atoms with E-state index in [1.165, 1.54) is 11.0 Å². The van der Waals surface area contributed by atoms with Gasteiger partial charge in [-0.25, -0.2) is 0 Å². The summed E-state index contributed by atoms with van der Waals surface area (Å²) >= 11 is 4.29. The molecule has 0 saturated carbocycles. The highest BCUT2D eigenvalue weighted by Crippen LogP contribution is 2.35. The lowest BCUT2D eigenvalue weighted by atomic mass is 10.1. The number of nitrogens with zero attached hydrogens (tertiary/aromatic N) is 1. The fraction of sp³-hybridized carbons (Fsp3) is 0.158. The van der Waals surface area contributed by atoms with Crippen LogP contribution in [-0.2, 0) is 11.3 Å². The van der Waals surface area contributed by atoms with Crippen LogP contribution in [-0.4, -0.2) is 27.8 Å². The Balaban J connectivity index is 1.82. The molecule has 26 heavy (non-hydrogen) atoms. The molecule has 134 valence electrons. The van der Waals surface area contributed by atoms with Crippen molar-refractivity contribution < 1.29 is 19.4 Å². The minimum absolute atomic E-state index is 0.0340. The summed E-state index contributed by atoms with van der Waals surface area (Å²) in [5.41, 5.74) is 1.55. The molecule has 3 rings (SSSR count). The summed E-state index contributed by atoms with van der Waals surface area (Å²) in [6, 6.07) is 12.3. The number of carbonyl (C=O) groups excluding carboxylic acids is 2. The molecule has 1 aliphatic rings. The molecular formula is C19H16BrNO4S. The first kappa shape index (κ1) is 18.5. The van der Waals surface area contributed by atoms with E-state index in [9.17, 15) is 14.7 Å². The van der Waals surface area contributed by atoms with Crippen molar-refractivity contribution in [1.82, 2.24) is 4.90 Å². The second-order valence-corrected chi connectivity index (χ2v) is 7.47. The Bertz CT molecular complexity index is 897. The number of carbonyl (C=O) groups is 2. The van der Waals surface area contributed by atoms with Crippen molar-refractivity contribution in [1.29, 1.82) is 0 Å². The Kier molecular flexibility index (Phi) is 5.68. The van der Waals surface area contributed by atoms with Crippen LogP contribution in [0, 0.1) is 0 Å². The molecule has 5 nitrogen and oxygen atoms in total. The van der Waals surface area contributed by atoms with E-state index in [0.717, 1.165) is 21.8 Å². The van der Waals surface area contributed by atoms with Crippen LogP contribution in [0.15, 0.2) is 51.8 Å². The maximum absolute atomic E-state index is 12.6. The smallest absolute Gasteiger partial charge is 0.293 e. The predicted molar refractivity (Wildman–Crippen MR) is 105 cm³/mol. The van der Waals surface area contributed by atoms with Gasteiger partial charge in [-0.2, -0.15) is 0 Å². The van der Waals surface area contributed by atoms with Crippen LogP contribution in [0.2, 0.25) is 0 Å². The van der Waals surface area contributed by atoms with E-state index in [4.69, 9.17) is 4.74 Å². The Morgan fingerprint density at radius 2 is 2.04 bits per heavy atom. The summed E-state index contributed by atoms with van der Waals surface area (Å²) in [4.78, 5) is 26.4. The summed E-state index contributed by atoms with van der Waals surface area (Å²) in [5, 5.41) is 9.46. The van der Waals surface area contributed by atoms with Crippen molar-refractivity contribution in [3.05, 3.63) is 63.0 Å². The molecule has 2 amide bonds. The molecular weight excluding hydrogens is 418 g/mol. The van der Waals surface area contributed by atoms with E-state index in [2.05, 4.69) is 15.9 Å². The third kappa shape index (κ3) is 4.11. The number of phenolic OH excluding ortho intramolecular Hbond substituents is 1. The zero-order valence-electron chi connectivity index (χ0n) is 13.9. The van der Waals surface area contributed by atoms with E-state index in [-0.39, 0.29) is 23.4 Å². The van der Waals surface area contributed by atoms with E-state index in [1.807, 2.05) is 31.2 Å². The van der Waals surface area contributed by atoms with Gasteiger partial charge in [0, 0.05) is 4.47 Å². The first-order valence-corrected chi connectivity index (χ1v) is 9.54. The molecule has 0 atom stereocenters. The number of benzene rings is 2. The normalized spacial score (nSPS) is 15.8. The summed E-state index contributed by atoms with van der Waals surface area (Å²) in [7, 11) is 0. The van der Waals surface area contributed by atoms with Crippen LogP contribution in [0.1, 0.15) is 18.1 Å². The molecule has 0 unspecified atom stereocenters. The van der Waals surface area contributed by atoms with Crippen molar-refractivity contribution in [2.24, 2.45) is 0 Å². The number of aromatic hydroxyl groups is 1. The van der Waals surface area contributed by atoms with E-state index in [0.29, 0.717) is 22.8 Å². The van der Waals surface area contributed by atoms with Crippen LogP contribution < -0.4 is 4.74 Å². The zero-order valence-corrected chi connectivity index (χ0v) is 16.3. The molecule has 0 aromatic heterocycles. The lowest BCUT2D eigenvalue weighted by molar-refractivity contribution is -0.123. The van der Waals surface area contributed by atoms with Gasteiger partial charge in [-0.05, 0) is 60.2 Å². The van der Waals surface area contributed by atoms with Gasteiger partial charge >= 0.3 is 0 Å². The van der Waals surface area contributed by atoms with Crippen molar-refractivity contribution in [2.75, 3.05) is 6.61 Å². The molecule has 1 fully saturated rings. The van der Waals surface area contributed by atoms with E-state index < -0.39 is 0 Å². The number of phenols is 1. The van der Waals surface area contributed by atoms with Gasteiger partial charge in [0.05, 0.1) is 18.1 Å². The lowest BCUT2D eigenvalue weighted by Gasteiger charge is -2.12. The fourth-order valence-corrected chi connectivity index (χ4v) is 3.78. The molecule has 0 radical (unpaired) electrons. The average molecular weight is 434 g/mol. The average Bonchev–Trinajstić information content (AvgIpc) is 2.86. The number of ether oxygens (including phenoxy) is 1. The minimum atomic E-state index is -0.328. The Morgan fingerprint density at radius 3 is 2.77 bits per heavy atom. The molecule has 1 aliphatic heterocycles. The van der Waals surface area contributed by atoms with Crippen molar-refractivity contribution >= 4 is 44.9 Å². The van der Waals surface area contributed by atoms with Gasteiger partial charge in [0.15, 0.2) is 11.5 Å². The standard InChI is InChI=1S/C19H16BrNO4S/c1-2-25-16-9-12(6-7-15(16)22)10-17-18(23)21(19(24)26-17)11-13-4-3-5-14(20)8-13/h3-10,22H,2,11H2,1H3. The van der Waals surface area contributed by atoms with Crippen LogP contribution in [0.5, 0.6) is 11.5 Å². The second kappa shape index (κ2) is 7.97. The van der Waals surface area contributed by atoms with Gasteiger partial charge in [-0.1, -0.05) is 34.1 Å². The zero-order chi connectivity index (χ0) is 18.7. The summed E-state index contributed by atoms with van der Waals surface area (Å²) in [5.74, 6) is 0.0485. The van der Waals surface area contributed by atoms with Crippen molar-refractivity contribution in [2.45, 2.75) is 13.5 Å². The van der Waals surface area contributed by atoms with Crippen LogP contribution >= 0.6 is 27.7 Å². The van der Waals surface area contributed by atoms with Crippen LogP contribution in [0.25, 0.3) is 6.08 Å². The third-order valence-electron chi connectivity index (χ3n) is 3.68. The van der Waals surface area contributed by atoms with E-state index >= 15 is 0 Å². The molecule has 2 aromatic rings. The molecule has 1 N–H and O–H groups in total. The summed E-state index contributed by atoms with van der Waals surface area (Å²) in [6.45, 7) is 2.46. The number of halogens is 1.